The molecule has 0 aliphatic rings. The van der Waals surface area contributed by atoms with E-state index in [9.17, 15) is 0 Å². The van der Waals surface area contributed by atoms with Gasteiger partial charge in [0.25, 0.3) is 0 Å². The van der Waals surface area contributed by atoms with Gasteiger partial charge in [-0.2, -0.15) is 5.10 Å². The molecule has 17 heavy (non-hydrogen) atoms. The number of aromatic nitrogens is 2. The van der Waals surface area contributed by atoms with Crippen LogP contribution in [0.15, 0.2) is 18.2 Å². The fraction of sp³-hybridized carbons (Fsp3) is 0.500. The van der Waals surface area contributed by atoms with Gasteiger partial charge >= 0.3 is 0 Å². The Hall–Kier alpha value is -1.35. The van der Waals surface area contributed by atoms with Crippen LogP contribution in [0.1, 0.15) is 32.0 Å². The average Bonchev–Trinajstić information content (AvgIpc) is 2.55. The third kappa shape index (κ3) is 2.07. The van der Waals surface area contributed by atoms with E-state index in [1.165, 1.54) is 16.6 Å². The van der Waals surface area contributed by atoms with E-state index in [-0.39, 0.29) is 5.41 Å². The Labute approximate surface area is 103 Å². The summed E-state index contributed by atoms with van der Waals surface area (Å²) in [5, 5.41) is 5.91. The largest absolute Gasteiger partial charge is 0.330 e. The molecule has 0 spiro atoms. The van der Waals surface area contributed by atoms with E-state index >= 15 is 0 Å². The maximum atomic E-state index is 5.65. The number of fused-ring (bicyclic) bond motifs is 1. The van der Waals surface area contributed by atoms with Crippen LogP contribution in [0.25, 0.3) is 10.9 Å². The van der Waals surface area contributed by atoms with Gasteiger partial charge in [0.2, 0.25) is 0 Å². The van der Waals surface area contributed by atoms with Crippen molar-refractivity contribution in [3.63, 3.8) is 0 Å². The standard InChI is InChI=1S/C14H21N3/c1-14(2,3)13-11-7-5-6-10(8-9-15)12(11)16-17(13)4/h5-7H,8-9,15H2,1-4H3. The Morgan fingerprint density at radius 2 is 2.00 bits per heavy atom. The smallest absolute Gasteiger partial charge is 0.0958 e. The summed E-state index contributed by atoms with van der Waals surface area (Å²) in [4.78, 5) is 0. The maximum Gasteiger partial charge on any atom is 0.0958 e. The van der Waals surface area contributed by atoms with Crippen molar-refractivity contribution in [2.24, 2.45) is 12.8 Å². The highest BCUT2D eigenvalue weighted by Gasteiger charge is 2.22. The molecule has 3 nitrogen and oxygen atoms in total. The summed E-state index contributed by atoms with van der Waals surface area (Å²) in [5.41, 5.74) is 9.38. The SMILES string of the molecule is Cn1nc2c(CCN)cccc2c1C(C)(C)C. The van der Waals surface area contributed by atoms with E-state index < -0.39 is 0 Å². The summed E-state index contributed by atoms with van der Waals surface area (Å²) in [7, 11) is 2.02. The van der Waals surface area contributed by atoms with Crippen LogP contribution in [0.4, 0.5) is 0 Å². The van der Waals surface area contributed by atoms with Crippen molar-refractivity contribution in [2.75, 3.05) is 6.54 Å². The molecule has 0 amide bonds. The van der Waals surface area contributed by atoms with Gasteiger partial charge in [-0.1, -0.05) is 39.0 Å². The summed E-state index contributed by atoms with van der Waals surface area (Å²) < 4.78 is 2.00. The molecule has 0 aliphatic heterocycles. The van der Waals surface area contributed by atoms with Crippen LogP contribution in [-0.2, 0) is 18.9 Å². The predicted octanol–water partition coefficient (Wildman–Crippen LogP) is 2.37. The van der Waals surface area contributed by atoms with E-state index in [1.807, 2.05) is 11.7 Å². The van der Waals surface area contributed by atoms with Gasteiger partial charge < -0.3 is 5.73 Å². The lowest BCUT2D eigenvalue weighted by atomic mass is 9.89. The predicted molar refractivity (Wildman–Crippen MR) is 72.2 cm³/mol. The summed E-state index contributed by atoms with van der Waals surface area (Å²) in [5.74, 6) is 0. The van der Waals surface area contributed by atoms with Gasteiger partial charge in [0.15, 0.2) is 0 Å². The van der Waals surface area contributed by atoms with Crippen molar-refractivity contribution >= 4 is 10.9 Å². The minimum atomic E-state index is 0.102. The quantitative estimate of drug-likeness (QED) is 0.862. The molecule has 1 aromatic carbocycles. The summed E-state index contributed by atoms with van der Waals surface area (Å²) in [6.07, 6.45) is 0.887. The number of hydrogen-bond donors (Lipinski definition) is 1. The minimum absolute atomic E-state index is 0.102. The molecule has 0 atom stereocenters. The molecule has 0 radical (unpaired) electrons. The zero-order valence-corrected chi connectivity index (χ0v) is 11.1. The van der Waals surface area contributed by atoms with E-state index in [4.69, 9.17) is 5.73 Å². The molecular weight excluding hydrogens is 210 g/mol. The fourth-order valence-electron chi connectivity index (χ4n) is 2.52. The molecule has 2 rings (SSSR count). The minimum Gasteiger partial charge on any atom is -0.330 e. The molecule has 0 unspecified atom stereocenters. The second kappa shape index (κ2) is 4.15. The second-order valence-electron chi connectivity index (χ2n) is 5.57. The average molecular weight is 231 g/mol. The van der Waals surface area contributed by atoms with Crippen LogP contribution >= 0.6 is 0 Å². The summed E-state index contributed by atoms with van der Waals surface area (Å²) in [6.45, 7) is 7.33. The van der Waals surface area contributed by atoms with Crippen LogP contribution in [-0.4, -0.2) is 16.3 Å². The molecule has 0 aliphatic carbocycles. The molecular formula is C14H21N3. The van der Waals surface area contributed by atoms with Crippen LogP contribution in [0.5, 0.6) is 0 Å². The molecule has 0 fully saturated rings. The summed E-state index contributed by atoms with van der Waals surface area (Å²) >= 11 is 0. The van der Waals surface area contributed by atoms with Gasteiger partial charge in [-0.05, 0) is 18.5 Å². The monoisotopic (exact) mass is 231 g/mol. The van der Waals surface area contributed by atoms with Crippen molar-refractivity contribution in [2.45, 2.75) is 32.6 Å². The highest BCUT2D eigenvalue weighted by molar-refractivity contribution is 5.85. The van der Waals surface area contributed by atoms with Gasteiger partial charge in [-0.25, -0.2) is 0 Å². The van der Waals surface area contributed by atoms with Crippen LogP contribution < -0.4 is 5.73 Å². The lowest BCUT2D eigenvalue weighted by Crippen LogP contribution is -2.16. The summed E-state index contributed by atoms with van der Waals surface area (Å²) in [6, 6.07) is 6.38. The Kier molecular flexibility index (Phi) is 2.96. The number of nitrogens with two attached hydrogens (primary N) is 1. The molecule has 0 bridgehead atoms. The Bertz CT molecular complexity index is 532. The van der Waals surface area contributed by atoms with Crippen molar-refractivity contribution in [1.29, 1.82) is 0 Å². The Morgan fingerprint density at radius 3 is 2.59 bits per heavy atom. The molecule has 0 saturated heterocycles. The molecule has 92 valence electrons. The van der Waals surface area contributed by atoms with Crippen molar-refractivity contribution in [3.8, 4) is 0 Å². The van der Waals surface area contributed by atoms with E-state index in [2.05, 4.69) is 44.1 Å². The van der Waals surface area contributed by atoms with Gasteiger partial charge in [-0.3, -0.25) is 4.68 Å². The van der Waals surface area contributed by atoms with Crippen LogP contribution in [0.2, 0.25) is 0 Å². The molecule has 1 aromatic heterocycles. The van der Waals surface area contributed by atoms with Gasteiger partial charge in [0.05, 0.1) is 11.2 Å². The molecule has 2 aromatic rings. The Morgan fingerprint density at radius 1 is 1.29 bits per heavy atom. The second-order valence-corrected chi connectivity index (χ2v) is 5.57. The first-order valence-electron chi connectivity index (χ1n) is 6.10. The number of aryl methyl sites for hydroxylation is 1. The third-order valence-corrected chi connectivity index (χ3v) is 3.07. The van der Waals surface area contributed by atoms with Crippen molar-refractivity contribution in [3.05, 3.63) is 29.5 Å². The van der Waals surface area contributed by atoms with Gasteiger partial charge in [0.1, 0.15) is 0 Å². The molecule has 1 heterocycles. The van der Waals surface area contributed by atoms with Crippen LogP contribution in [0, 0.1) is 0 Å². The van der Waals surface area contributed by atoms with Gasteiger partial charge in [-0.15, -0.1) is 0 Å². The van der Waals surface area contributed by atoms with Crippen LogP contribution in [0.3, 0.4) is 0 Å². The molecule has 3 heteroatoms. The zero-order chi connectivity index (χ0) is 12.6. The fourth-order valence-corrected chi connectivity index (χ4v) is 2.52. The van der Waals surface area contributed by atoms with E-state index in [0.717, 1.165) is 11.9 Å². The zero-order valence-electron chi connectivity index (χ0n) is 11.1. The molecule has 0 saturated carbocycles. The highest BCUT2D eigenvalue weighted by Crippen LogP contribution is 2.30. The maximum absolute atomic E-state index is 5.65. The normalized spacial score (nSPS) is 12.3. The topological polar surface area (TPSA) is 43.8 Å². The lowest BCUT2D eigenvalue weighted by Gasteiger charge is -2.19. The molecule has 2 N–H and O–H groups in total. The third-order valence-electron chi connectivity index (χ3n) is 3.07. The van der Waals surface area contributed by atoms with Gasteiger partial charge in [0, 0.05) is 17.8 Å². The Balaban J connectivity index is 2.72. The first kappa shape index (κ1) is 12.1. The number of rotatable bonds is 2. The first-order valence-corrected chi connectivity index (χ1v) is 6.10. The number of nitrogens with zero attached hydrogens (tertiary/aromatic N) is 2. The van der Waals surface area contributed by atoms with Crippen molar-refractivity contribution < 1.29 is 0 Å². The van der Waals surface area contributed by atoms with E-state index in [0.29, 0.717) is 6.54 Å². The van der Waals surface area contributed by atoms with Crippen molar-refractivity contribution in [1.82, 2.24) is 9.78 Å². The lowest BCUT2D eigenvalue weighted by molar-refractivity contribution is 0.528. The first-order chi connectivity index (χ1) is 7.95. The van der Waals surface area contributed by atoms with E-state index in [1.54, 1.807) is 0 Å². The highest BCUT2D eigenvalue weighted by atomic mass is 15.3. The number of benzene rings is 1. The number of hydrogen-bond acceptors (Lipinski definition) is 2.